The highest BCUT2D eigenvalue weighted by molar-refractivity contribution is 5.73. The van der Waals surface area contributed by atoms with Crippen LogP contribution in [0.15, 0.2) is 0 Å². The topological polar surface area (TPSA) is 169 Å². The van der Waals surface area contributed by atoms with E-state index in [1.807, 2.05) is 0 Å². The number of aliphatic hydroxyl groups is 3. The van der Waals surface area contributed by atoms with E-state index in [-0.39, 0.29) is 26.1 Å². The first-order valence-electron chi connectivity index (χ1n) is 27.6. The van der Waals surface area contributed by atoms with Crippen LogP contribution in [-0.4, -0.2) is 88.4 Å². The van der Waals surface area contributed by atoms with Crippen LogP contribution in [-0.2, 0) is 33.3 Å². The monoisotopic (exact) mass is 927 g/mol. The summed E-state index contributed by atoms with van der Waals surface area (Å²) in [5.74, 6) is -2.41. The van der Waals surface area contributed by atoms with E-state index in [2.05, 4.69) is 13.8 Å². The number of carboxylic acids is 1. The predicted molar refractivity (Wildman–Crippen MR) is 262 cm³/mol. The van der Waals surface area contributed by atoms with Crippen molar-refractivity contribution < 1.29 is 53.8 Å². The summed E-state index contributed by atoms with van der Waals surface area (Å²) in [4.78, 5) is 37.0. The number of esters is 2. The lowest BCUT2D eigenvalue weighted by molar-refractivity contribution is -0.298. The Bertz CT molecular complexity index is 1090. The molecule has 0 aromatic heterocycles. The van der Waals surface area contributed by atoms with Crippen molar-refractivity contribution in [1.82, 2.24) is 0 Å². The van der Waals surface area contributed by atoms with Crippen molar-refractivity contribution in [3.05, 3.63) is 0 Å². The lowest BCUT2D eigenvalue weighted by Gasteiger charge is -2.38. The van der Waals surface area contributed by atoms with Crippen LogP contribution in [0.25, 0.3) is 0 Å². The van der Waals surface area contributed by atoms with Gasteiger partial charge in [-0.15, -0.1) is 0 Å². The summed E-state index contributed by atoms with van der Waals surface area (Å²) in [7, 11) is 0. The second-order valence-corrected chi connectivity index (χ2v) is 19.4. The van der Waals surface area contributed by atoms with Gasteiger partial charge in [-0.25, -0.2) is 4.79 Å². The van der Waals surface area contributed by atoms with Crippen LogP contribution in [0.4, 0.5) is 0 Å². The van der Waals surface area contributed by atoms with Crippen LogP contribution < -0.4 is 0 Å². The zero-order chi connectivity index (χ0) is 47.4. The minimum absolute atomic E-state index is 0.192. The summed E-state index contributed by atoms with van der Waals surface area (Å²) in [5.41, 5.74) is 0. The van der Waals surface area contributed by atoms with E-state index in [9.17, 15) is 34.8 Å². The molecule has 1 saturated heterocycles. The summed E-state index contributed by atoms with van der Waals surface area (Å²) < 4.78 is 21.9. The highest BCUT2D eigenvalue weighted by Crippen LogP contribution is 2.23. The van der Waals surface area contributed by atoms with Gasteiger partial charge in [-0.2, -0.15) is 0 Å². The maximum Gasteiger partial charge on any atom is 0.335 e. The molecule has 1 aliphatic rings. The normalized spacial score (nSPS) is 19.1. The van der Waals surface area contributed by atoms with Crippen molar-refractivity contribution in [2.75, 3.05) is 13.2 Å². The first-order valence-corrected chi connectivity index (χ1v) is 27.6. The van der Waals surface area contributed by atoms with E-state index in [1.165, 1.54) is 199 Å². The van der Waals surface area contributed by atoms with Crippen molar-refractivity contribution in [3.63, 3.8) is 0 Å². The molecule has 0 radical (unpaired) electrons. The maximum atomic E-state index is 12.8. The van der Waals surface area contributed by atoms with Gasteiger partial charge in [-0.1, -0.05) is 251 Å². The molecule has 0 aromatic carbocycles. The van der Waals surface area contributed by atoms with Gasteiger partial charge in [0.25, 0.3) is 0 Å². The second kappa shape index (κ2) is 44.7. The molecule has 0 amide bonds. The third-order valence-corrected chi connectivity index (χ3v) is 13.2. The molecule has 6 unspecified atom stereocenters. The zero-order valence-electron chi connectivity index (χ0n) is 42.0. The SMILES string of the molecule is CCCCCCCCCCCCCCCCCCCCCCC(=O)OCC(COC1OC(C(=O)O)C(O)C(O)C1O)OC(=O)CCCCCCCCCCCCCCCCCCCCC. The van der Waals surface area contributed by atoms with E-state index in [0.29, 0.717) is 12.8 Å². The standard InChI is InChI=1S/C54H102O11/c1-3-5-7-9-11-13-15-17-19-21-23-25-26-28-30-32-34-36-38-40-42-47(55)62-44-46(45-63-54-51(59)49(57)50(58)52(65-54)53(60)61)64-48(56)43-41-39-37-35-33-31-29-27-24-22-20-18-16-14-12-10-8-6-4-2/h46,49-52,54,57-59H,3-45H2,1-2H3,(H,60,61). The fourth-order valence-electron chi connectivity index (χ4n) is 8.88. The van der Waals surface area contributed by atoms with E-state index < -0.39 is 54.7 Å². The first-order chi connectivity index (χ1) is 31.7. The Labute approximate surface area is 397 Å². The van der Waals surface area contributed by atoms with Gasteiger partial charge in [0.1, 0.15) is 24.9 Å². The van der Waals surface area contributed by atoms with Gasteiger partial charge >= 0.3 is 17.9 Å². The molecule has 0 bridgehead atoms. The van der Waals surface area contributed by atoms with Gasteiger partial charge in [0.05, 0.1) is 6.61 Å². The predicted octanol–water partition coefficient (Wildman–Crippen LogP) is 13.4. The lowest BCUT2D eigenvalue weighted by atomic mass is 9.99. The number of carboxylic acid groups (broad SMARTS) is 1. The van der Waals surface area contributed by atoms with Crippen LogP contribution in [0.3, 0.4) is 0 Å². The molecule has 6 atom stereocenters. The Morgan fingerprint density at radius 1 is 0.415 bits per heavy atom. The molecule has 65 heavy (non-hydrogen) atoms. The first kappa shape index (κ1) is 61.2. The molecule has 0 aromatic rings. The molecule has 0 spiro atoms. The Morgan fingerprint density at radius 3 is 1.05 bits per heavy atom. The summed E-state index contributed by atoms with van der Waals surface area (Å²) in [6, 6.07) is 0. The molecule has 4 N–H and O–H groups in total. The zero-order valence-corrected chi connectivity index (χ0v) is 42.0. The Balaban J connectivity index is 2.24. The van der Waals surface area contributed by atoms with Gasteiger partial charge in [0.2, 0.25) is 0 Å². The summed E-state index contributed by atoms with van der Waals surface area (Å²) >= 11 is 0. The number of carbonyl (C=O) groups excluding carboxylic acids is 2. The van der Waals surface area contributed by atoms with Crippen LogP contribution in [0, 0.1) is 0 Å². The van der Waals surface area contributed by atoms with Crippen LogP contribution >= 0.6 is 0 Å². The number of ether oxygens (including phenoxy) is 4. The molecular formula is C54H102O11. The number of rotatable bonds is 48. The van der Waals surface area contributed by atoms with Gasteiger partial charge in [0.15, 0.2) is 18.5 Å². The Hall–Kier alpha value is -1.79. The molecular weight excluding hydrogens is 825 g/mol. The highest BCUT2D eigenvalue weighted by Gasteiger charge is 2.47. The fraction of sp³-hybridized carbons (Fsp3) is 0.944. The Morgan fingerprint density at radius 2 is 0.723 bits per heavy atom. The fourth-order valence-corrected chi connectivity index (χ4v) is 8.88. The molecule has 1 rings (SSSR count). The van der Waals surface area contributed by atoms with Gasteiger partial charge < -0.3 is 39.4 Å². The van der Waals surface area contributed by atoms with Crippen LogP contribution in [0.5, 0.6) is 0 Å². The summed E-state index contributed by atoms with van der Waals surface area (Å²) in [6.07, 6.45) is 40.1. The molecule has 1 aliphatic heterocycles. The van der Waals surface area contributed by atoms with Gasteiger partial charge in [0, 0.05) is 12.8 Å². The van der Waals surface area contributed by atoms with Crippen molar-refractivity contribution in [2.24, 2.45) is 0 Å². The third-order valence-electron chi connectivity index (χ3n) is 13.2. The Kier molecular flexibility index (Phi) is 42.1. The number of aliphatic carboxylic acids is 1. The minimum atomic E-state index is -1.86. The highest BCUT2D eigenvalue weighted by atomic mass is 16.7. The summed E-state index contributed by atoms with van der Waals surface area (Å²) in [5, 5.41) is 40.0. The van der Waals surface area contributed by atoms with Crippen molar-refractivity contribution in [1.29, 1.82) is 0 Å². The molecule has 384 valence electrons. The molecule has 1 fully saturated rings. The van der Waals surface area contributed by atoms with Crippen LogP contribution in [0.1, 0.15) is 277 Å². The molecule has 1 heterocycles. The second-order valence-electron chi connectivity index (χ2n) is 19.4. The average Bonchev–Trinajstić information content (AvgIpc) is 3.29. The number of hydrogen-bond donors (Lipinski definition) is 4. The number of carbonyl (C=O) groups is 3. The van der Waals surface area contributed by atoms with E-state index >= 15 is 0 Å². The van der Waals surface area contributed by atoms with Gasteiger partial charge in [-0.3, -0.25) is 9.59 Å². The molecule has 11 heteroatoms. The minimum Gasteiger partial charge on any atom is -0.479 e. The van der Waals surface area contributed by atoms with Crippen LogP contribution in [0.2, 0.25) is 0 Å². The average molecular weight is 927 g/mol. The van der Waals surface area contributed by atoms with E-state index in [4.69, 9.17) is 18.9 Å². The third kappa shape index (κ3) is 35.9. The molecule has 11 nitrogen and oxygen atoms in total. The molecule has 0 saturated carbocycles. The largest absolute Gasteiger partial charge is 0.479 e. The van der Waals surface area contributed by atoms with E-state index in [0.717, 1.165) is 38.5 Å². The number of hydrogen-bond acceptors (Lipinski definition) is 10. The van der Waals surface area contributed by atoms with E-state index in [1.54, 1.807) is 0 Å². The van der Waals surface area contributed by atoms with Gasteiger partial charge in [-0.05, 0) is 12.8 Å². The summed E-state index contributed by atoms with van der Waals surface area (Å²) in [6.45, 7) is 3.88. The quantitative estimate of drug-likeness (QED) is 0.0338. The number of unbranched alkanes of at least 4 members (excludes halogenated alkanes) is 37. The van der Waals surface area contributed by atoms with Crippen molar-refractivity contribution in [2.45, 2.75) is 314 Å². The number of aliphatic hydroxyl groups excluding tert-OH is 3. The smallest absolute Gasteiger partial charge is 0.335 e. The molecule has 0 aliphatic carbocycles. The maximum absolute atomic E-state index is 12.8. The van der Waals surface area contributed by atoms with Crippen molar-refractivity contribution in [3.8, 4) is 0 Å². The lowest BCUT2D eigenvalue weighted by Crippen LogP contribution is -2.60. The van der Waals surface area contributed by atoms with Crippen molar-refractivity contribution >= 4 is 17.9 Å².